The van der Waals surface area contributed by atoms with Crippen molar-refractivity contribution in [2.75, 3.05) is 14.2 Å². The Morgan fingerprint density at radius 3 is 1.83 bits per heavy atom. The van der Waals surface area contributed by atoms with Gasteiger partial charge in [0.25, 0.3) is 0 Å². The summed E-state index contributed by atoms with van der Waals surface area (Å²) in [5.74, 6) is -0.358. The number of rotatable bonds is 5. The zero-order chi connectivity index (χ0) is 13.7. The Hall–Kier alpha value is -2.64. The molecule has 0 aliphatic carbocycles. The highest BCUT2D eigenvalue weighted by Gasteiger charge is 2.25. The third-order valence-corrected chi connectivity index (χ3v) is 2.04. The standard InChI is InChI=1S/C10H10N2O6/c1-17-8-3-7(4-9(6-8)18-2)5-10(11(13)14)12(15)16/h3-6H,1-2H3. The van der Waals surface area contributed by atoms with Gasteiger partial charge in [0.15, 0.2) is 0 Å². The van der Waals surface area contributed by atoms with Gasteiger partial charge in [0.1, 0.15) is 27.4 Å². The predicted octanol–water partition coefficient (Wildman–Crippen LogP) is 1.56. The second-order valence-electron chi connectivity index (χ2n) is 3.16. The van der Waals surface area contributed by atoms with Crippen LogP contribution in [0.5, 0.6) is 11.5 Å². The van der Waals surface area contributed by atoms with Crippen LogP contribution < -0.4 is 9.47 Å². The van der Waals surface area contributed by atoms with Crippen molar-refractivity contribution in [1.82, 2.24) is 0 Å². The van der Waals surface area contributed by atoms with Crippen molar-refractivity contribution < 1.29 is 19.3 Å². The van der Waals surface area contributed by atoms with Crippen molar-refractivity contribution in [3.63, 3.8) is 0 Å². The Labute approximate surface area is 102 Å². The second kappa shape index (κ2) is 5.62. The lowest BCUT2D eigenvalue weighted by Gasteiger charge is -2.04. The molecule has 0 unspecified atom stereocenters. The molecule has 0 saturated heterocycles. The average molecular weight is 254 g/mol. The highest BCUT2D eigenvalue weighted by Crippen LogP contribution is 2.24. The van der Waals surface area contributed by atoms with Gasteiger partial charge in [-0.1, -0.05) is 0 Å². The van der Waals surface area contributed by atoms with Crippen molar-refractivity contribution in [2.45, 2.75) is 0 Å². The molecule has 0 aliphatic heterocycles. The van der Waals surface area contributed by atoms with Crippen molar-refractivity contribution in [1.29, 1.82) is 0 Å². The fraction of sp³-hybridized carbons (Fsp3) is 0.200. The third-order valence-electron chi connectivity index (χ3n) is 2.04. The number of methoxy groups -OCH3 is 2. The summed E-state index contributed by atoms with van der Waals surface area (Å²) in [5, 5.41) is 21.0. The summed E-state index contributed by atoms with van der Waals surface area (Å²) in [4.78, 5) is 18.8. The molecule has 0 saturated carbocycles. The molecular formula is C10H10N2O6. The number of ether oxygens (including phenoxy) is 2. The van der Waals surface area contributed by atoms with Gasteiger partial charge in [-0.2, -0.15) is 0 Å². The Bertz CT molecular complexity index is 473. The van der Waals surface area contributed by atoms with Crippen LogP contribution in [0.25, 0.3) is 6.08 Å². The van der Waals surface area contributed by atoms with E-state index in [0.717, 1.165) is 6.08 Å². The van der Waals surface area contributed by atoms with Crippen LogP contribution in [0.3, 0.4) is 0 Å². The molecule has 0 aromatic heterocycles. The minimum atomic E-state index is -1.12. The molecule has 1 aromatic rings. The van der Waals surface area contributed by atoms with E-state index in [1.165, 1.54) is 26.4 Å². The zero-order valence-electron chi connectivity index (χ0n) is 9.65. The van der Waals surface area contributed by atoms with E-state index in [1.807, 2.05) is 0 Å². The van der Waals surface area contributed by atoms with Crippen LogP contribution in [0.1, 0.15) is 5.56 Å². The lowest BCUT2D eigenvalue weighted by molar-refractivity contribution is -0.613. The molecule has 8 heteroatoms. The summed E-state index contributed by atoms with van der Waals surface area (Å²) in [5.41, 5.74) is 0.245. The lowest BCUT2D eigenvalue weighted by Crippen LogP contribution is -2.08. The van der Waals surface area contributed by atoms with E-state index in [2.05, 4.69) is 0 Å². The fourth-order valence-electron chi connectivity index (χ4n) is 1.23. The SMILES string of the molecule is COc1cc(C=C([N+](=O)[O-])[N+](=O)[O-])cc(OC)c1. The quantitative estimate of drug-likeness (QED) is 0.583. The molecule has 1 rings (SSSR count). The minimum Gasteiger partial charge on any atom is -0.497 e. The van der Waals surface area contributed by atoms with Crippen LogP contribution in [0, 0.1) is 20.2 Å². The molecule has 0 amide bonds. The van der Waals surface area contributed by atoms with Crippen molar-refractivity contribution in [3.05, 3.63) is 49.8 Å². The van der Waals surface area contributed by atoms with Crippen LogP contribution >= 0.6 is 0 Å². The number of nitrogens with zero attached hydrogens (tertiary/aromatic N) is 2. The number of nitro groups is 2. The number of hydrogen-bond acceptors (Lipinski definition) is 6. The largest absolute Gasteiger partial charge is 0.559 e. The summed E-state index contributed by atoms with van der Waals surface area (Å²) in [6.45, 7) is 0. The molecule has 1 aromatic carbocycles. The zero-order valence-corrected chi connectivity index (χ0v) is 9.65. The molecule has 0 spiro atoms. The van der Waals surface area contributed by atoms with Gasteiger partial charge < -0.3 is 9.47 Å². The Morgan fingerprint density at radius 2 is 1.50 bits per heavy atom. The summed E-state index contributed by atoms with van der Waals surface area (Å²) in [6.07, 6.45) is 0.838. The summed E-state index contributed by atoms with van der Waals surface area (Å²) < 4.78 is 9.90. The van der Waals surface area contributed by atoms with Gasteiger partial charge >= 0.3 is 5.82 Å². The van der Waals surface area contributed by atoms with Crippen LogP contribution in [-0.4, -0.2) is 24.1 Å². The van der Waals surface area contributed by atoms with Crippen molar-refractivity contribution in [2.24, 2.45) is 0 Å². The fourth-order valence-corrected chi connectivity index (χ4v) is 1.23. The maximum atomic E-state index is 10.5. The van der Waals surface area contributed by atoms with Gasteiger partial charge in [-0.25, -0.2) is 0 Å². The third kappa shape index (κ3) is 3.17. The molecule has 0 atom stereocenters. The first kappa shape index (κ1) is 13.4. The van der Waals surface area contributed by atoms with E-state index < -0.39 is 15.7 Å². The van der Waals surface area contributed by atoms with Gasteiger partial charge in [0.05, 0.1) is 14.2 Å². The van der Waals surface area contributed by atoms with Crippen LogP contribution in [-0.2, 0) is 0 Å². The molecule has 0 fully saturated rings. The Kier molecular flexibility index (Phi) is 4.19. The van der Waals surface area contributed by atoms with E-state index in [9.17, 15) is 20.2 Å². The van der Waals surface area contributed by atoms with Crippen molar-refractivity contribution in [3.8, 4) is 11.5 Å². The highest BCUT2D eigenvalue weighted by atomic mass is 16.7. The molecule has 0 N–H and O–H groups in total. The van der Waals surface area contributed by atoms with Gasteiger partial charge in [-0.05, 0) is 17.7 Å². The van der Waals surface area contributed by atoms with Crippen LogP contribution in [0.2, 0.25) is 0 Å². The molecule has 0 radical (unpaired) electrons. The van der Waals surface area contributed by atoms with E-state index in [-0.39, 0.29) is 5.56 Å². The number of hydrogen-bond donors (Lipinski definition) is 0. The second-order valence-corrected chi connectivity index (χ2v) is 3.16. The van der Waals surface area contributed by atoms with E-state index in [4.69, 9.17) is 9.47 Å². The number of benzene rings is 1. The Balaban J connectivity index is 3.27. The van der Waals surface area contributed by atoms with Crippen molar-refractivity contribution >= 4 is 6.08 Å². The topological polar surface area (TPSA) is 105 Å². The van der Waals surface area contributed by atoms with Gasteiger partial charge in [0.2, 0.25) is 0 Å². The van der Waals surface area contributed by atoms with Gasteiger partial charge in [-0.3, -0.25) is 20.2 Å². The average Bonchev–Trinajstić information content (AvgIpc) is 2.34. The molecule has 0 bridgehead atoms. The first-order valence-electron chi connectivity index (χ1n) is 4.71. The monoisotopic (exact) mass is 254 g/mol. The molecule has 96 valence electrons. The molecule has 8 nitrogen and oxygen atoms in total. The maximum absolute atomic E-state index is 10.5. The summed E-state index contributed by atoms with van der Waals surface area (Å²) >= 11 is 0. The van der Waals surface area contributed by atoms with E-state index in [0.29, 0.717) is 11.5 Å². The first-order chi connectivity index (χ1) is 8.47. The van der Waals surface area contributed by atoms with Crippen LogP contribution in [0.15, 0.2) is 24.0 Å². The molecule has 0 heterocycles. The predicted molar refractivity (Wildman–Crippen MR) is 61.5 cm³/mol. The lowest BCUT2D eigenvalue weighted by atomic mass is 10.2. The summed E-state index contributed by atoms with van der Waals surface area (Å²) in [6, 6.07) is 4.40. The first-order valence-corrected chi connectivity index (χ1v) is 4.71. The Morgan fingerprint density at radius 1 is 1.06 bits per heavy atom. The summed E-state index contributed by atoms with van der Waals surface area (Å²) in [7, 11) is 2.81. The van der Waals surface area contributed by atoms with Gasteiger partial charge in [0, 0.05) is 6.07 Å². The van der Waals surface area contributed by atoms with Crippen LogP contribution in [0.4, 0.5) is 0 Å². The molecule has 18 heavy (non-hydrogen) atoms. The molecule has 0 aliphatic rings. The maximum Gasteiger partial charge on any atom is 0.559 e. The van der Waals surface area contributed by atoms with E-state index in [1.54, 1.807) is 6.07 Å². The highest BCUT2D eigenvalue weighted by molar-refractivity contribution is 5.55. The van der Waals surface area contributed by atoms with E-state index >= 15 is 0 Å². The minimum absolute atomic E-state index is 0.245. The normalized spacial score (nSPS) is 9.44. The smallest absolute Gasteiger partial charge is 0.497 e. The molecular weight excluding hydrogens is 244 g/mol. The van der Waals surface area contributed by atoms with Gasteiger partial charge in [-0.15, -0.1) is 0 Å².